The molecular weight excluding hydrogens is 162 g/mol. The van der Waals surface area contributed by atoms with Crippen LogP contribution in [0.15, 0.2) is 47.5 Å². The lowest BCUT2D eigenvalue weighted by Crippen LogP contribution is -1.89. The van der Waals surface area contributed by atoms with E-state index in [9.17, 15) is 4.79 Å². The lowest BCUT2D eigenvalue weighted by atomic mass is 10.1. The fourth-order valence-corrected chi connectivity index (χ4v) is 1.12. The summed E-state index contributed by atoms with van der Waals surface area (Å²) in [4.78, 5) is 13.8. The smallest absolute Gasteiger partial charge is 0.211 e. The molecule has 0 radical (unpaired) electrons. The summed E-state index contributed by atoms with van der Waals surface area (Å²) in [5, 5.41) is 0. The molecule has 2 nitrogen and oxygen atoms in total. The van der Waals surface area contributed by atoms with Crippen molar-refractivity contribution in [3.63, 3.8) is 0 Å². The van der Waals surface area contributed by atoms with Crippen molar-refractivity contribution < 1.29 is 4.79 Å². The number of nitrogens with zero attached hydrogens (tertiary/aromatic N) is 1. The van der Waals surface area contributed by atoms with E-state index < -0.39 is 0 Å². The van der Waals surface area contributed by atoms with Crippen LogP contribution in [0.25, 0.3) is 0 Å². The zero-order valence-electron chi connectivity index (χ0n) is 7.47. The normalized spacial score (nSPS) is 12.4. The first kappa shape index (κ1) is 9.43. The van der Waals surface area contributed by atoms with Crippen molar-refractivity contribution in [3.05, 3.63) is 48.0 Å². The van der Waals surface area contributed by atoms with Gasteiger partial charge in [-0.25, -0.2) is 4.79 Å². The molecule has 1 aromatic carbocycles. The van der Waals surface area contributed by atoms with Gasteiger partial charge in [0.2, 0.25) is 6.08 Å². The number of allylic oxidation sites excluding steroid dienone is 1. The van der Waals surface area contributed by atoms with Crippen LogP contribution in [0.4, 0.5) is 0 Å². The Morgan fingerprint density at radius 2 is 2.08 bits per heavy atom. The van der Waals surface area contributed by atoms with Gasteiger partial charge in [0.05, 0.1) is 0 Å². The Morgan fingerprint density at radius 3 is 2.62 bits per heavy atom. The molecule has 66 valence electrons. The highest BCUT2D eigenvalue weighted by Crippen LogP contribution is 2.17. The average molecular weight is 173 g/mol. The summed E-state index contributed by atoms with van der Waals surface area (Å²) in [6.45, 7) is 1.90. The van der Waals surface area contributed by atoms with Crippen LogP contribution in [0.3, 0.4) is 0 Å². The summed E-state index contributed by atoms with van der Waals surface area (Å²) in [5.74, 6) is 0. The summed E-state index contributed by atoms with van der Waals surface area (Å²) < 4.78 is 0. The molecule has 0 aliphatic heterocycles. The highest BCUT2D eigenvalue weighted by molar-refractivity contribution is 5.37. The van der Waals surface area contributed by atoms with E-state index >= 15 is 0 Å². The van der Waals surface area contributed by atoms with Crippen LogP contribution in [-0.4, -0.2) is 6.08 Å². The Labute approximate surface area is 77.6 Å². The van der Waals surface area contributed by atoms with Crippen molar-refractivity contribution in [2.45, 2.75) is 13.0 Å². The molecule has 13 heavy (non-hydrogen) atoms. The van der Waals surface area contributed by atoms with Crippen molar-refractivity contribution in [2.24, 2.45) is 4.99 Å². The molecule has 2 heteroatoms. The highest BCUT2D eigenvalue weighted by atomic mass is 16.1. The molecular formula is C11H11NO. The summed E-state index contributed by atoms with van der Waals surface area (Å²) in [5.41, 5.74) is 1.00. The standard InChI is InChI=1S/C11H11NO/c1-2-6-11(12-9-13)10-7-4-3-5-8-10/h2-8,11H,1H3. The van der Waals surface area contributed by atoms with Gasteiger partial charge in [-0.1, -0.05) is 42.5 Å². The number of hydrogen-bond donors (Lipinski definition) is 0. The molecule has 0 aliphatic rings. The zero-order chi connectivity index (χ0) is 9.52. The molecule has 1 aromatic rings. The molecule has 1 unspecified atom stereocenters. The van der Waals surface area contributed by atoms with Gasteiger partial charge in [-0.05, 0) is 12.5 Å². The fourth-order valence-electron chi connectivity index (χ4n) is 1.12. The van der Waals surface area contributed by atoms with Gasteiger partial charge in [-0.2, -0.15) is 4.99 Å². The van der Waals surface area contributed by atoms with Gasteiger partial charge < -0.3 is 0 Å². The number of benzene rings is 1. The molecule has 1 rings (SSSR count). The fraction of sp³-hybridized carbons (Fsp3) is 0.182. The monoisotopic (exact) mass is 173 g/mol. The number of isocyanates is 1. The summed E-state index contributed by atoms with van der Waals surface area (Å²) in [6.07, 6.45) is 5.31. The van der Waals surface area contributed by atoms with Gasteiger partial charge in [0.1, 0.15) is 6.04 Å². The van der Waals surface area contributed by atoms with Gasteiger partial charge >= 0.3 is 0 Å². The molecule has 0 bridgehead atoms. The van der Waals surface area contributed by atoms with Crippen LogP contribution in [0.1, 0.15) is 18.5 Å². The van der Waals surface area contributed by atoms with E-state index in [0.717, 1.165) is 5.56 Å². The SMILES string of the molecule is CC=CC(N=C=O)c1ccccc1. The van der Waals surface area contributed by atoms with Crippen LogP contribution in [0.5, 0.6) is 0 Å². The van der Waals surface area contributed by atoms with E-state index in [-0.39, 0.29) is 6.04 Å². The Bertz CT molecular complexity index is 323. The largest absolute Gasteiger partial charge is 0.235 e. The summed E-state index contributed by atoms with van der Waals surface area (Å²) in [6, 6.07) is 9.46. The van der Waals surface area contributed by atoms with Gasteiger partial charge in [0.15, 0.2) is 0 Å². The third-order valence-electron chi connectivity index (χ3n) is 1.71. The molecule has 0 saturated carbocycles. The van der Waals surface area contributed by atoms with Crippen LogP contribution in [-0.2, 0) is 4.79 Å². The van der Waals surface area contributed by atoms with Crippen molar-refractivity contribution in [3.8, 4) is 0 Å². The Hall–Kier alpha value is -1.66. The number of hydrogen-bond acceptors (Lipinski definition) is 2. The maximum atomic E-state index is 10.1. The minimum atomic E-state index is -0.191. The van der Waals surface area contributed by atoms with Crippen LogP contribution >= 0.6 is 0 Å². The number of aliphatic imine (C=N–C) groups is 1. The lowest BCUT2D eigenvalue weighted by Gasteiger charge is -2.04. The van der Waals surface area contributed by atoms with E-state index in [1.807, 2.05) is 49.4 Å². The Morgan fingerprint density at radius 1 is 1.38 bits per heavy atom. The minimum Gasteiger partial charge on any atom is -0.211 e. The zero-order valence-corrected chi connectivity index (χ0v) is 7.47. The third kappa shape index (κ3) is 2.69. The van der Waals surface area contributed by atoms with Gasteiger partial charge in [-0.15, -0.1) is 0 Å². The molecule has 0 spiro atoms. The van der Waals surface area contributed by atoms with Gasteiger partial charge in [-0.3, -0.25) is 0 Å². The quantitative estimate of drug-likeness (QED) is 0.392. The van der Waals surface area contributed by atoms with Crippen LogP contribution in [0, 0.1) is 0 Å². The molecule has 0 aromatic heterocycles. The van der Waals surface area contributed by atoms with Crippen molar-refractivity contribution in [1.82, 2.24) is 0 Å². The second kappa shape index (κ2) is 5.07. The Balaban J connectivity index is 2.95. The molecule has 0 fully saturated rings. The van der Waals surface area contributed by atoms with Crippen molar-refractivity contribution in [1.29, 1.82) is 0 Å². The molecule has 0 aliphatic carbocycles. The van der Waals surface area contributed by atoms with Gasteiger partial charge in [0.25, 0.3) is 0 Å². The lowest BCUT2D eigenvalue weighted by molar-refractivity contribution is 0.561. The average Bonchev–Trinajstić information content (AvgIpc) is 2.19. The maximum absolute atomic E-state index is 10.1. The first-order valence-electron chi connectivity index (χ1n) is 4.13. The van der Waals surface area contributed by atoms with E-state index in [1.165, 1.54) is 0 Å². The van der Waals surface area contributed by atoms with Crippen LogP contribution < -0.4 is 0 Å². The van der Waals surface area contributed by atoms with Crippen molar-refractivity contribution >= 4 is 6.08 Å². The molecule has 0 N–H and O–H groups in total. The van der Waals surface area contributed by atoms with E-state index in [1.54, 1.807) is 6.08 Å². The molecule has 0 amide bonds. The maximum Gasteiger partial charge on any atom is 0.235 e. The first-order valence-corrected chi connectivity index (χ1v) is 4.13. The van der Waals surface area contributed by atoms with Gasteiger partial charge in [0, 0.05) is 0 Å². The predicted octanol–water partition coefficient (Wildman–Crippen LogP) is 2.64. The van der Waals surface area contributed by atoms with Crippen LogP contribution in [0.2, 0.25) is 0 Å². The highest BCUT2D eigenvalue weighted by Gasteiger charge is 2.03. The van der Waals surface area contributed by atoms with E-state index in [0.29, 0.717) is 0 Å². The second-order valence-corrected chi connectivity index (χ2v) is 2.60. The third-order valence-corrected chi connectivity index (χ3v) is 1.71. The van der Waals surface area contributed by atoms with Crippen molar-refractivity contribution in [2.75, 3.05) is 0 Å². The van der Waals surface area contributed by atoms with E-state index in [4.69, 9.17) is 0 Å². The first-order chi connectivity index (χ1) is 6.38. The second-order valence-electron chi connectivity index (χ2n) is 2.60. The Kier molecular flexibility index (Phi) is 3.68. The van der Waals surface area contributed by atoms with E-state index in [2.05, 4.69) is 4.99 Å². The predicted molar refractivity (Wildman–Crippen MR) is 52.1 cm³/mol. The molecule has 1 atom stereocenters. The summed E-state index contributed by atoms with van der Waals surface area (Å²) >= 11 is 0. The number of rotatable bonds is 3. The topological polar surface area (TPSA) is 29.4 Å². The molecule has 0 saturated heterocycles. The number of carbonyl (C=O) groups excluding carboxylic acids is 1. The summed E-state index contributed by atoms with van der Waals surface area (Å²) in [7, 11) is 0. The minimum absolute atomic E-state index is 0.191. The molecule has 0 heterocycles.